The number of benzene rings is 2. The van der Waals surface area contributed by atoms with Gasteiger partial charge in [-0.2, -0.15) is 0 Å². The van der Waals surface area contributed by atoms with Gasteiger partial charge in [-0.05, 0) is 35.9 Å². The van der Waals surface area contributed by atoms with Crippen LogP contribution < -0.4 is 0 Å². The standard InChI is InChI=1S/C17H14Cl2N2O4/c18-13-7-12(8-14(19)9-13)16-10-20(5-6-25-16)17(22)11-1-3-15(4-2-11)21(23)24/h1-4,7-9,16H,5-6,10H2. The summed E-state index contributed by atoms with van der Waals surface area (Å²) in [6.07, 6.45) is -0.327. The number of hydrogen-bond acceptors (Lipinski definition) is 4. The molecule has 1 aliphatic rings. The van der Waals surface area contributed by atoms with Gasteiger partial charge in [-0.1, -0.05) is 23.2 Å². The van der Waals surface area contributed by atoms with Crippen LogP contribution in [0.2, 0.25) is 10.0 Å². The minimum absolute atomic E-state index is 0.0510. The number of hydrogen-bond donors (Lipinski definition) is 0. The first-order valence-electron chi connectivity index (χ1n) is 7.55. The zero-order chi connectivity index (χ0) is 18.0. The lowest BCUT2D eigenvalue weighted by molar-refractivity contribution is -0.384. The largest absolute Gasteiger partial charge is 0.370 e. The predicted octanol–water partition coefficient (Wildman–Crippen LogP) is 4.12. The molecular formula is C17H14Cl2N2O4. The Morgan fingerprint density at radius 3 is 2.40 bits per heavy atom. The van der Waals surface area contributed by atoms with Crippen molar-refractivity contribution >= 4 is 34.8 Å². The van der Waals surface area contributed by atoms with Crippen molar-refractivity contribution in [1.82, 2.24) is 4.90 Å². The van der Waals surface area contributed by atoms with Gasteiger partial charge in [-0.3, -0.25) is 14.9 Å². The first-order chi connectivity index (χ1) is 11.9. The third kappa shape index (κ3) is 4.10. The Balaban J connectivity index is 1.76. The summed E-state index contributed by atoms with van der Waals surface area (Å²) in [5.41, 5.74) is 1.15. The van der Waals surface area contributed by atoms with E-state index < -0.39 is 4.92 Å². The topological polar surface area (TPSA) is 72.7 Å². The number of rotatable bonds is 3. The summed E-state index contributed by atoms with van der Waals surface area (Å²) in [6, 6.07) is 10.7. The molecular weight excluding hydrogens is 367 g/mol. The molecule has 130 valence electrons. The summed E-state index contributed by atoms with van der Waals surface area (Å²) in [5.74, 6) is -0.198. The third-order valence-electron chi connectivity index (χ3n) is 3.94. The van der Waals surface area contributed by atoms with E-state index >= 15 is 0 Å². The van der Waals surface area contributed by atoms with Crippen LogP contribution in [-0.2, 0) is 4.74 Å². The number of nitrogens with zero attached hydrogens (tertiary/aromatic N) is 2. The number of non-ortho nitro benzene ring substituents is 1. The molecule has 2 aromatic carbocycles. The van der Waals surface area contributed by atoms with Gasteiger partial charge in [0.25, 0.3) is 11.6 Å². The van der Waals surface area contributed by atoms with Crippen molar-refractivity contribution in [3.8, 4) is 0 Å². The average Bonchev–Trinajstić information content (AvgIpc) is 2.60. The monoisotopic (exact) mass is 380 g/mol. The predicted molar refractivity (Wildman–Crippen MR) is 94.2 cm³/mol. The van der Waals surface area contributed by atoms with Crippen LogP contribution in [-0.4, -0.2) is 35.4 Å². The minimum atomic E-state index is -0.498. The van der Waals surface area contributed by atoms with Crippen LogP contribution in [0.4, 0.5) is 5.69 Å². The highest BCUT2D eigenvalue weighted by Crippen LogP contribution is 2.28. The molecule has 0 spiro atoms. The molecule has 1 heterocycles. The molecule has 0 saturated carbocycles. The number of amides is 1. The van der Waals surface area contributed by atoms with Crippen LogP contribution in [0.1, 0.15) is 22.0 Å². The highest BCUT2D eigenvalue weighted by Gasteiger charge is 2.26. The molecule has 0 N–H and O–H groups in total. The van der Waals surface area contributed by atoms with E-state index in [2.05, 4.69) is 0 Å². The summed E-state index contributed by atoms with van der Waals surface area (Å²) in [4.78, 5) is 24.5. The smallest absolute Gasteiger partial charge is 0.269 e. The van der Waals surface area contributed by atoms with Gasteiger partial charge in [0.1, 0.15) is 6.10 Å². The normalized spacial score (nSPS) is 17.4. The van der Waals surface area contributed by atoms with Gasteiger partial charge in [-0.25, -0.2) is 0 Å². The summed E-state index contributed by atoms with van der Waals surface area (Å²) in [7, 11) is 0. The van der Waals surface area contributed by atoms with E-state index in [1.165, 1.54) is 24.3 Å². The molecule has 1 saturated heterocycles. The van der Waals surface area contributed by atoms with Crippen LogP contribution >= 0.6 is 23.2 Å². The fraction of sp³-hybridized carbons (Fsp3) is 0.235. The SMILES string of the molecule is O=C(c1ccc([N+](=O)[O-])cc1)N1CCOC(c2cc(Cl)cc(Cl)c2)C1. The van der Waals surface area contributed by atoms with Gasteiger partial charge in [0.2, 0.25) is 0 Å². The van der Waals surface area contributed by atoms with Gasteiger partial charge >= 0.3 is 0 Å². The molecule has 0 aromatic heterocycles. The van der Waals surface area contributed by atoms with Gasteiger partial charge < -0.3 is 9.64 Å². The Hall–Kier alpha value is -2.15. The van der Waals surface area contributed by atoms with E-state index in [-0.39, 0.29) is 17.7 Å². The van der Waals surface area contributed by atoms with Crippen molar-refractivity contribution in [3.05, 3.63) is 73.8 Å². The maximum absolute atomic E-state index is 12.6. The van der Waals surface area contributed by atoms with Gasteiger partial charge in [-0.15, -0.1) is 0 Å². The van der Waals surface area contributed by atoms with Crippen LogP contribution in [0, 0.1) is 10.1 Å². The maximum Gasteiger partial charge on any atom is 0.269 e. The van der Waals surface area contributed by atoms with Crippen LogP contribution in [0.3, 0.4) is 0 Å². The molecule has 1 unspecified atom stereocenters. The molecule has 0 radical (unpaired) electrons. The van der Waals surface area contributed by atoms with E-state index in [1.807, 2.05) is 0 Å². The Bertz CT molecular complexity index is 791. The molecule has 25 heavy (non-hydrogen) atoms. The molecule has 3 rings (SSSR count). The Morgan fingerprint density at radius 1 is 1.16 bits per heavy atom. The van der Waals surface area contributed by atoms with Crippen molar-refractivity contribution in [2.45, 2.75) is 6.10 Å². The number of carbonyl (C=O) groups is 1. The zero-order valence-corrected chi connectivity index (χ0v) is 14.5. The van der Waals surface area contributed by atoms with Crippen molar-refractivity contribution in [2.24, 2.45) is 0 Å². The number of carbonyl (C=O) groups excluding carboxylic acids is 1. The molecule has 0 bridgehead atoms. The maximum atomic E-state index is 12.6. The Labute approximate surface area is 154 Å². The number of nitro groups is 1. The number of nitro benzene ring substituents is 1. The first kappa shape index (κ1) is 17.7. The van der Waals surface area contributed by atoms with Gasteiger partial charge in [0.15, 0.2) is 0 Å². The first-order valence-corrected chi connectivity index (χ1v) is 8.31. The minimum Gasteiger partial charge on any atom is -0.370 e. The van der Waals surface area contributed by atoms with E-state index in [1.54, 1.807) is 23.1 Å². The molecule has 6 nitrogen and oxygen atoms in total. The zero-order valence-electron chi connectivity index (χ0n) is 13.0. The number of ether oxygens (including phenoxy) is 1. The van der Waals surface area contributed by atoms with Crippen LogP contribution in [0.25, 0.3) is 0 Å². The molecule has 1 aliphatic heterocycles. The lowest BCUT2D eigenvalue weighted by Gasteiger charge is -2.33. The summed E-state index contributed by atoms with van der Waals surface area (Å²) in [5, 5.41) is 11.7. The number of morpholine rings is 1. The van der Waals surface area contributed by atoms with Crippen LogP contribution in [0.5, 0.6) is 0 Å². The fourth-order valence-corrected chi connectivity index (χ4v) is 3.25. The second kappa shape index (κ2) is 7.39. The molecule has 1 atom stereocenters. The second-order valence-electron chi connectivity index (χ2n) is 5.62. The van der Waals surface area contributed by atoms with Crippen LogP contribution in [0.15, 0.2) is 42.5 Å². The van der Waals surface area contributed by atoms with Gasteiger partial charge in [0.05, 0.1) is 18.1 Å². The lowest BCUT2D eigenvalue weighted by atomic mass is 10.1. The average molecular weight is 381 g/mol. The van der Waals surface area contributed by atoms with Crippen molar-refractivity contribution < 1.29 is 14.5 Å². The van der Waals surface area contributed by atoms with Crippen molar-refractivity contribution in [3.63, 3.8) is 0 Å². The van der Waals surface area contributed by atoms with E-state index in [9.17, 15) is 14.9 Å². The quantitative estimate of drug-likeness (QED) is 0.592. The molecule has 2 aromatic rings. The highest BCUT2D eigenvalue weighted by atomic mass is 35.5. The Kier molecular flexibility index (Phi) is 5.22. The number of halogens is 2. The van der Waals surface area contributed by atoms with Crippen molar-refractivity contribution in [1.29, 1.82) is 0 Å². The second-order valence-corrected chi connectivity index (χ2v) is 6.49. The van der Waals surface area contributed by atoms with E-state index in [0.29, 0.717) is 35.3 Å². The lowest BCUT2D eigenvalue weighted by Crippen LogP contribution is -2.42. The van der Waals surface area contributed by atoms with Gasteiger partial charge in [0, 0.05) is 34.3 Å². The molecule has 8 heteroatoms. The highest BCUT2D eigenvalue weighted by molar-refractivity contribution is 6.34. The molecule has 1 amide bonds. The van der Waals surface area contributed by atoms with E-state index in [4.69, 9.17) is 27.9 Å². The summed E-state index contributed by atoms with van der Waals surface area (Å²) in [6.45, 7) is 1.18. The Morgan fingerprint density at radius 2 is 1.80 bits per heavy atom. The van der Waals surface area contributed by atoms with Crippen molar-refractivity contribution in [2.75, 3.05) is 19.7 Å². The fourth-order valence-electron chi connectivity index (χ4n) is 2.70. The molecule has 0 aliphatic carbocycles. The third-order valence-corrected chi connectivity index (χ3v) is 4.37. The summed E-state index contributed by atoms with van der Waals surface area (Å²) < 4.78 is 5.74. The van der Waals surface area contributed by atoms with E-state index in [0.717, 1.165) is 5.56 Å². The summed E-state index contributed by atoms with van der Waals surface area (Å²) >= 11 is 12.1. The molecule has 1 fully saturated rings.